The number of nitrogens with zero attached hydrogens (tertiary/aromatic N) is 1. The second kappa shape index (κ2) is 7.52. The van der Waals surface area contributed by atoms with Crippen molar-refractivity contribution in [3.63, 3.8) is 0 Å². The summed E-state index contributed by atoms with van der Waals surface area (Å²) in [7, 11) is 3.16. The number of methoxy groups -OCH3 is 2. The summed E-state index contributed by atoms with van der Waals surface area (Å²) < 4.78 is 10.5. The first-order valence-corrected chi connectivity index (χ1v) is 6.82. The van der Waals surface area contributed by atoms with E-state index in [0.29, 0.717) is 42.2 Å². The Morgan fingerprint density at radius 3 is 2.33 bits per heavy atom. The minimum atomic E-state index is 0. The SMILES string of the molecule is COc1ccc(C(=O)N2CC(C)NC(C)C2)c(OC)c1.Cl. The fraction of sp³-hybridized carbons (Fsp3) is 0.533. The molecule has 1 saturated heterocycles. The maximum absolute atomic E-state index is 12.6. The Bertz CT molecular complexity index is 486. The molecule has 1 aliphatic rings. The molecule has 6 heteroatoms. The van der Waals surface area contributed by atoms with E-state index in [-0.39, 0.29) is 18.3 Å². The lowest BCUT2D eigenvalue weighted by Crippen LogP contribution is -2.55. The first kappa shape index (κ1) is 17.6. The molecule has 0 spiro atoms. The lowest BCUT2D eigenvalue weighted by atomic mass is 10.1. The molecular weight excluding hydrogens is 292 g/mol. The normalized spacial score (nSPS) is 21.4. The van der Waals surface area contributed by atoms with Gasteiger partial charge in [0.1, 0.15) is 11.5 Å². The van der Waals surface area contributed by atoms with E-state index in [1.807, 2.05) is 4.90 Å². The summed E-state index contributed by atoms with van der Waals surface area (Å²) in [4.78, 5) is 14.5. The molecule has 1 fully saturated rings. The van der Waals surface area contributed by atoms with E-state index in [4.69, 9.17) is 9.47 Å². The monoisotopic (exact) mass is 314 g/mol. The standard InChI is InChI=1S/C15H22N2O3.ClH/c1-10-8-17(9-11(2)16-10)15(18)13-6-5-12(19-3)7-14(13)20-4;/h5-7,10-11,16H,8-9H2,1-4H3;1H. The van der Waals surface area contributed by atoms with Crippen LogP contribution >= 0.6 is 12.4 Å². The molecule has 0 aromatic heterocycles. The maximum Gasteiger partial charge on any atom is 0.257 e. The Morgan fingerprint density at radius 2 is 1.81 bits per heavy atom. The van der Waals surface area contributed by atoms with Gasteiger partial charge in [-0.25, -0.2) is 0 Å². The van der Waals surface area contributed by atoms with Crippen LogP contribution in [-0.4, -0.2) is 50.2 Å². The molecule has 0 radical (unpaired) electrons. The summed E-state index contributed by atoms with van der Waals surface area (Å²) in [5.74, 6) is 1.23. The summed E-state index contributed by atoms with van der Waals surface area (Å²) in [5, 5.41) is 3.42. The number of ether oxygens (including phenoxy) is 2. The van der Waals surface area contributed by atoms with Crippen LogP contribution in [0.5, 0.6) is 11.5 Å². The number of carbonyl (C=O) groups excluding carboxylic acids is 1. The molecule has 5 nitrogen and oxygen atoms in total. The largest absolute Gasteiger partial charge is 0.497 e. The highest BCUT2D eigenvalue weighted by atomic mass is 35.5. The zero-order chi connectivity index (χ0) is 14.7. The van der Waals surface area contributed by atoms with Gasteiger partial charge in [-0.1, -0.05) is 0 Å². The number of amides is 1. The van der Waals surface area contributed by atoms with Crippen molar-refractivity contribution in [2.24, 2.45) is 0 Å². The Labute approximate surface area is 132 Å². The van der Waals surface area contributed by atoms with Crippen molar-refractivity contribution in [1.82, 2.24) is 10.2 Å². The van der Waals surface area contributed by atoms with Gasteiger partial charge in [-0.05, 0) is 26.0 Å². The average molecular weight is 315 g/mol. The molecule has 1 amide bonds. The number of halogens is 1. The highest BCUT2D eigenvalue weighted by molar-refractivity contribution is 5.97. The number of benzene rings is 1. The summed E-state index contributed by atoms with van der Waals surface area (Å²) in [5.41, 5.74) is 0.578. The number of carbonyl (C=O) groups is 1. The molecule has 1 aromatic carbocycles. The molecule has 1 heterocycles. The first-order chi connectivity index (χ1) is 9.55. The molecule has 118 valence electrons. The fourth-order valence-corrected chi connectivity index (χ4v) is 2.64. The highest BCUT2D eigenvalue weighted by Gasteiger charge is 2.27. The van der Waals surface area contributed by atoms with Crippen molar-refractivity contribution in [1.29, 1.82) is 0 Å². The third-order valence-corrected chi connectivity index (χ3v) is 3.48. The van der Waals surface area contributed by atoms with Crippen molar-refractivity contribution in [3.05, 3.63) is 23.8 Å². The van der Waals surface area contributed by atoms with Crippen LogP contribution in [0, 0.1) is 0 Å². The molecule has 2 rings (SSSR count). The van der Waals surface area contributed by atoms with E-state index in [1.54, 1.807) is 32.4 Å². The van der Waals surface area contributed by atoms with E-state index in [1.165, 1.54) is 0 Å². The average Bonchev–Trinajstić information content (AvgIpc) is 2.44. The minimum Gasteiger partial charge on any atom is -0.497 e. The maximum atomic E-state index is 12.6. The number of hydrogen-bond acceptors (Lipinski definition) is 4. The van der Waals surface area contributed by atoms with Crippen molar-refractivity contribution >= 4 is 18.3 Å². The van der Waals surface area contributed by atoms with Crippen LogP contribution in [0.25, 0.3) is 0 Å². The molecule has 0 aliphatic carbocycles. The smallest absolute Gasteiger partial charge is 0.257 e. The van der Waals surface area contributed by atoms with Gasteiger partial charge < -0.3 is 19.7 Å². The van der Waals surface area contributed by atoms with Crippen LogP contribution in [-0.2, 0) is 0 Å². The van der Waals surface area contributed by atoms with Gasteiger partial charge in [-0.2, -0.15) is 0 Å². The molecule has 21 heavy (non-hydrogen) atoms. The fourth-order valence-electron chi connectivity index (χ4n) is 2.64. The quantitative estimate of drug-likeness (QED) is 0.926. The van der Waals surface area contributed by atoms with E-state index < -0.39 is 0 Å². The Balaban J connectivity index is 0.00000220. The number of piperazine rings is 1. The van der Waals surface area contributed by atoms with Crippen LogP contribution in [0.2, 0.25) is 0 Å². The van der Waals surface area contributed by atoms with Gasteiger partial charge in [0, 0.05) is 31.2 Å². The van der Waals surface area contributed by atoms with Crippen molar-refractivity contribution in [2.45, 2.75) is 25.9 Å². The highest BCUT2D eigenvalue weighted by Crippen LogP contribution is 2.26. The van der Waals surface area contributed by atoms with Crippen molar-refractivity contribution in [2.75, 3.05) is 27.3 Å². The van der Waals surface area contributed by atoms with E-state index >= 15 is 0 Å². The molecule has 1 aromatic rings. The van der Waals surface area contributed by atoms with Gasteiger partial charge in [0.2, 0.25) is 0 Å². The number of hydrogen-bond donors (Lipinski definition) is 1. The van der Waals surface area contributed by atoms with Gasteiger partial charge >= 0.3 is 0 Å². The predicted molar refractivity (Wildman–Crippen MR) is 84.8 cm³/mol. The Kier molecular flexibility index (Phi) is 6.30. The van der Waals surface area contributed by atoms with Crippen molar-refractivity contribution < 1.29 is 14.3 Å². The second-order valence-electron chi connectivity index (χ2n) is 5.25. The van der Waals surface area contributed by atoms with E-state index in [0.717, 1.165) is 0 Å². The zero-order valence-electron chi connectivity index (χ0n) is 12.9. The topological polar surface area (TPSA) is 50.8 Å². The van der Waals surface area contributed by atoms with Crippen LogP contribution in [0.4, 0.5) is 0 Å². The predicted octanol–water partition coefficient (Wildman–Crippen LogP) is 1.95. The van der Waals surface area contributed by atoms with Crippen LogP contribution in [0.1, 0.15) is 24.2 Å². The molecule has 0 saturated carbocycles. The van der Waals surface area contributed by atoms with Gasteiger partial charge in [0.25, 0.3) is 5.91 Å². The summed E-state index contributed by atoms with van der Waals surface area (Å²) in [6, 6.07) is 5.88. The molecule has 0 bridgehead atoms. The summed E-state index contributed by atoms with van der Waals surface area (Å²) in [6.07, 6.45) is 0. The van der Waals surface area contributed by atoms with E-state index in [9.17, 15) is 4.79 Å². The lowest BCUT2D eigenvalue weighted by molar-refractivity contribution is 0.0670. The van der Waals surface area contributed by atoms with Crippen molar-refractivity contribution in [3.8, 4) is 11.5 Å². The molecule has 2 unspecified atom stereocenters. The Hall–Kier alpha value is -1.46. The minimum absolute atomic E-state index is 0. The van der Waals surface area contributed by atoms with Gasteiger partial charge in [-0.3, -0.25) is 4.79 Å². The third kappa shape index (κ3) is 4.02. The molecular formula is C15H23ClN2O3. The third-order valence-electron chi connectivity index (χ3n) is 3.48. The van der Waals surface area contributed by atoms with Gasteiger partial charge in [0.05, 0.1) is 19.8 Å². The first-order valence-electron chi connectivity index (χ1n) is 6.82. The van der Waals surface area contributed by atoms with Crippen LogP contribution in [0.3, 0.4) is 0 Å². The van der Waals surface area contributed by atoms with Gasteiger partial charge in [0.15, 0.2) is 0 Å². The zero-order valence-corrected chi connectivity index (χ0v) is 13.7. The number of nitrogens with one attached hydrogen (secondary N) is 1. The lowest BCUT2D eigenvalue weighted by Gasteiger charge is -2.36. The number of rotatable bonds is 3. The molecule has 1 N–H and O–H groups in total. The van der Waals surface area contributed by atoms with Gasteiger partial charge in [-0.15, -0.1) is 12.4 Å². The Morgan fingerprint density at radius 1 is 1.19 bits per heavy atom. The second-order valence-corrected chi connectivity index (χ2v) is 5.25. The summed E-state index contributed by atoms with van der Waals surface area (Å²) in [6.45, 7) is 5.58. The van der Waals surface area contributed by atoms with Crippen LogP contribution < -0.4 is 14.8 Å². The van der Waals surface area contributed by atoms with Crippen LogP contribution in [0.15, 0.2) is 18.2 Å². The summed E-state index contributed by atoms with van der Waals surface area (Å²) >= 11 is 0. The van der Waals surface area contributed by atoms with E-state index in [2.05, 4.69) is 19.2 Å². The molecule has 1 aliphatic heterocycles. The molecule has 2 atom stereocenters.